The molecule has 9 heteroatoms. The van der Waals surface area contributed by atoms with E-state index in [9.17, 15) is 19.4 Å². The zero-order chi connectivity index (χ0) is 64.1. The molecule has 0 saturated heterocycles. The lowest BCUT2D eigenvalue weighted by Gasteiger charge is -2.26. The van der Waals surface area contributed by atoms with Gasteiger partial charge in [0.25, 0.3) is 0 Å². The molecule has 0 saturated carbocycles. The number of unbranched alkanes of at least 4 members (excludes halogenated alkanes) is 49. The van der Waals surface area contributed by atoms with Gasteiger partial charge in [0.05, 0.1) is 39.9 Å². The van der Waals surface area contributed by atoms with Gasteiger partial charge in [-0.3, -0.25) is 13.8 Å². The first-order valence-electron chi connectivity index (χ1n) is 38.7. The van der Waals surface area contributed by atoms with Crippen LogP contribution in [0.2, 0.25) is 0 Å². The molecule has 3 N–H and O–H groups in total. The molecule has 1 amide bonds. The highest BCUT2D eigenvalue weighted by Crippen LogP contribution is 2.43. The molecule has 0 aromatic rings. The smallest absolute Gasteiger partial charge is 0.391 e. The number of phosphoric ester groups is 1. The van der Waals surface area contributed by atoms with Crippen molar-refractivity contribution < 1.29 is 32.9 Å². The van der Waals surface area contributed by atoms with E-state index in [1.54, 1.807) is 0 Å². The summed E-state index contributed by atoms with van der Waals surface area (Å²) in [5.74, 6) is -0.136. The molecule has 0 aliphatic carbocycles. The van der Waals surface area contributed by atoms with E-state index in [0.717, 1.165) is 70.6 Å². The Balaban J connectivity index is 3.92. The molecule has 3 atom stereocenters. The van der Waals surface area contributed by atoms with Crippen molar-refractivity contribution in [3.05, 3.63) is 60.8 Å². The number of hydrogen-bond donors (Lipinski definition) is 3. The van der Waals surface area contributed by atoms with Crippen molar-refractivity contribution in [1.82, 2.24) is 5.32 Å². The highest BCUT2D eigenvalue weighted by atomic mass is 31.2. The second-order valence-corrected chi connectivity index (χ2v) is 29.2. The van der Waals surface area contributed by atoms with Crippen molar-refractivity contribution in [1.29, 1.82) is 0 Å². The number of aliphatic hydroxyl groups excluding tert-OH is 1. The molecule has 0 aromatic carbocycles. The zero-order valence-corrected chi connectivity index (χ0v) is 60.4. The fraction of sp³-hybridized carbons (Fsp3) is 0.861. The van der Waals surface area contributed by atoms with Gasteiger partial charge in [0.1, 0.15) is 13.2 Å². The Kier molecular flexibility index (Phi) is 68.1. The monoisotopic (exact) mass is 1260 g/mol. The van der Waals surface area contributed by atoms with Crippen LogP contribution in [0, 0.1) is 0 Å². The van der Waals surface area contributed by atoms with Gasteiger partial charge in [-0.2, -0.15) is 0 Å². The maximum absolute atomic E-state index is 13.1. The van der Waals surface area contributed by atoms with Gasteiger partial charge in [-0.25, -0.2) is 4.57 Å². The molecule has 0 aliphatic heterocycles. The number of likely N-dealkylation sites (N-methyl/N-ethyl adjacent to an activating group) is 1. The first-order chi connectivity index (χ1) is 43.0. The van der Waals surface area contributed by atoms with Crippen LogP contribution in [0.4, 0.5) is 0 Å². The van der Waals surface area contributed by atoms with E-state index < -0.39 is 20.0 Å². The molecule has 0 fully saturated rings. The minimum Gasteiger partial charge on any atom is -0.391 e. The van der Waals surface area contributed by atoms with Crippen molar-refractivity contribution in [2.24, 2.45) is 0 Å². The number of hydrogen-bond acceptors (Lipinski definition) is 5. The Morgan fingerprint density at radius 3 is 1.00 bits per heavy atom. The molecule has 518 valence electrons. The van der Waals surface area contributed by atoms with Gasteiger partial charge in [-0.1, -0.05) is 383 Å². The summed E-state index contributed by atoms with van der Waals surface area (Å²) in [5, 5.41) is 14.2. The summed E-state index contributed by atoms with van der Waals surface area (Å²) in [5.41, 5.74) is 0. The van der Waals surface area contributed by atoms with Gasteiger partial charge in [-0.05, 0) is 57.8 Å². The van der Waals surface area contributed by atoms with E-state index in [-0.39, 0.29) is 19.1 Å². The second kappa shape index (κ2) is 69.5. The standard InChI is InChI=1S/C79H151N2O6P/c1-6-8-10-12-14-16-18-20-22-24-26-28-30-32-34-35-36-37-38-39-40-41-42-43-44-45-47-49-51-53-55-57-59-61-63-65-67-69-71-73-79(83)80-77(76-87-88(84,85)86-75-74-81(3,4)5)78(82)72-70-68-66-64-62-60-58-56-54-52-50-48-46-33-31-29-27-25-23-21-19-17-15-13-11-9-7-2/h8,10,14,16,20,22,26,28,32,34,77-78,82H,6-7,9,11-13,15,17-19,21,23-25,27,29-31,33,35-76H2,1-5H3,(H-,80,83,84,85)/p+1/b10-8-,16-14-,22-20-,28-26-,34-32-. The highest BCUT2D eigenvalue weighted by Gasteiger charge is 2.28. The maximum Gasteiger partial charge on any atom is 0.472 e. The van der Waals surface area contributed by atoms with Crippen LogP contribution in [0.25, 0.3) is 0 Å². The lowest BCUT2D eigenvalue weighted by molar-refractivity contribution is -0.870. The maximum atomic E-state index is 13.1. The number of amides is 1. The van der Waals surface area contributed by atoms with E-state index >= 15 is 0 Å². The van der Waals surface area contributed by atoms with Gasteiger partial charge in [-0.15, -0.1) is 0 Å². The molecule has 88 heavy (non-hydrogen) atoms. The molecular formula is C79H152N2O6P+. The fourth-order valence-electron chi connectivity index (χ4n) is 11.8. The van der Waals surface area contributed by atoms with Crippen LogP contribution in [0.15, 0.2) is 60.8 Å². The van der Waals surface area contributed by atoms with Crippen LogP contribution in [0.1, 0.15) is 386 Å². The summed E-state index contributed by atoms with van der Waals surface area (Å²) < 4.78 is 23.9. The van der Waals surface area contributed by atoms with Gasteiger partial charge < -0.3 is 19.8 Å². The second-order valence-electron chi connectivity index (χ2n) is 27.7. The molecule has 0 spiro atoms. The number of nitrogens with one attached hydrogen (secondary N) is 1. The van der Waals surface area contributed by atoms with Crippen molar-refractivity contribution in [3.63, 3.8) is 0 Å². The quantitative estimate of drug-likeness (QED) is 0.0243. The summed E-state index contributed by atoms with van der Waals surface area (Å²) >= 11 is 0. The minimum atomic E-state index is -4.33. The Morgan fingerprint density at radius 1 is 0.398 bits per heavy atom. The summed E-state index contributed by atoms with van der Waals surface area (Å²) in [7, 11) is 1.63. The Hall–Kier alpha value is -1.80. The Morgan fingerprint density at radius 2 is 0.682 bits per heavy atom. The SMILES string of the molecule is CC/C=C\C/C=C\C/C=C\C/C=C\C/C=C\CCCCCCCCCCCCCCCCCCCCCCCCCC(=O)NC(COP(=O)(O)OCC[N+](C)(C)C)C(O)CCCCCCCCCCCCCCCCCCCCCCCCCCCCC. The average Bonchev–Trinajstić information content (AvgIpc) is 3.70. The van der Waals surface area contributed by atoms with Crippen molar-refractivity contribution in [3.8, 4) is 0 Å². The molecule has 0 radical (unpaired) electrons. The number of nitrogens with zero attached hydrogens (tertiary/aromatic N) is 1. The molecule has 0 aliphatic rings. The fourth-order valence-corrected chi connectivity index (χ4v) is 12.6. The number of phosphoric acid groups is 1. The molecule has 0 aromatic heterocycles. The van der Waals surface area contributed by atoms with Crippen LogP contribution in [0.3, 0.4) is 0 Å². The molecule has 0 bridgehead atoms. The van der Waals surface area contributed by atoms with Crippen molar-refractivity contribution >= 4 is 13.7 Å². The molecule has 3 unspecified atom stereocenters. The summed E-state index contributed by atoms with van der Waals surface area (Å²) in [6.07, 6.45) is 96.4. The average molecular weight is 1260 g/mol. The molecular weight excluding hydrogens is 1100 g/mol. The third-order valence-corrected chi connectivity index (χ3v) is 18.8. The van der Waals surface area contributed by atoms with Gasteiger partial charge >= 0.3 is 7.82 Å². The van der Waals surface area contributed by atoms with E-state index in [1.807, 2.05) is 21.1 Å². The highest BCUT2D eigenvalue weighted by molar-refractivity contribution is 7.47. The normalized spacial score (nSPS) is 13.9. The molecule has 0 rings (SSSR count). The first kappa shape index (κ1) is 86.2. The van der Waals surface area contributed by atoms with E-state index in [4.69, 9.17) is 9.05 Å². The number of rotatable bonds is 72. The Labute approximate surface area is 549 Å². The predicted octanol–water partition coefficient (Wildman–Crippen LogP) is 25.1. The van der Waals surface area contributed by atoms with Gasteiger partial charge in [0.15, 0.2) is 0 Å². The predicted molar refractivity (Wildman–Crippen MR) is 387 cm³/mol. The number of allylic oxidation sites excluding steroid dienone is 10. The van der Waals surface area contributed by atoms with Crippen LogP contribution < -0.4 is 5.32 Å². The summed E-state index contributed by atoms with van der Waals surface area (Å²) in [6.45, 7) is 4.83. The lowest BCUT2D eigenvalue weighted by atomic mass is 10.0. The third-order valence-electron chi connectivity index (χ3n) is 17.8. The lowest BCUT2D eigenvalue weighted by Crippen LogP contribution is -2.46. The van der Waals surface area contributed by atoms with Gasteiger partial charge in [0, 0.05) is 6.42 Å². The van der Waals surface area contributed by atoms with Crippen molar-refractivity contribution in [2.75, 3.05) is 40.9 Å². The zero-order valence-electron chi connectivity index (χ0n) is 59.5. The van der Waals surface area contributed by atoms with E-state index in [0.29, 0.717) is 23.9 Å². The minimum absolute atomic E-state index is 0.0765. The van der Waals surface area contributed by atoms with Crippen LogP contribution in [-0.4, -0.2) is 73.4 Å². The Bertz CT molecular complexity index is 1620. The van der Waals surface area contributed by atoms with E-state index in [2.05, 4.69) is 79.9 Å². The largest absolute Gasteiger partial charge is 0.472 e. The number of carbonyl (C=O) groups excluding carboxylic acids is 1. The van der Waals surface area contributed by atoms with Crippen LogP contribution in [0.5, 0.6) is 0 Å². The summed E-state index contributed by atoms with van der Waals surface area (Å²) in [4.78, 5) is 23.5. The molecule has 8 nitrogen and oxygen atoms in total. The summed E-state index contributed by atoms with van der Waals surface area (Å²) in [6, 6.07) is -0.762. The number of aliphatic hydroxyl groups is 1. The van der Waals surface area contributed by atoms with Crippen LogP contribution in [-0.2, 0) is 18.4 Å². The topological polar surface area (TPSA) is 105 Å². The van der Waals surface area contributed by atoms with Gasteiger partial charge in [0.2, 0.25) is 5.91 Å². The first-order valence-corrected chi connectivity index (χ1v) is 40.1. The third kappa shape index (κ3) is 71.6. The molecule has 0 heterocycles. The van der Waals surface area contributed by atoms with E-state index in [1.165, 1.54) is 289 Å². The van der Waals surface area contributed by atoms with Crippen molar-refractivity contribution in [2.45, 2.75) is 398 Å². The number of carbonyl (C=O) groups is 1. The van der Waals surface area contributed by atoms with Crippen LogP contribution >= 0.6 is 7.82 Å². The number of quaternary nitrogens is 1.